The van der Waals surface area contributed by atoms with E-state index in [2.05, 4.69) is 17.2 Å². The third kappa shape index (κ3) is 5.19. The molecule has 6 rings (SSSR count). The second-order valence-electron chi connectivity index (χ2n) is 11.3. The monoisotopic (exact) mass is 499 g/mol. The first-order valence-electron chi connectivity index (χ1n) is 13.1. The number of amides is 2. The van der Waals surface area contributed by atoms with E-state index in [-0.39, 0.29) is 22.8 Å². The molecule has 1 saturated heterocycles. The van der Waals surface area contributed by atoms with Crippen LogP contribution in [0.3, 0.4) is 0 Å². The third-order valence-corrected chi connectivity index (χ3v) is 10.8. The summed E-state index contributed by atoms with van der Waals surface area (Å²) in [7, 11) is -3.64. The molecular weight excluding hydrogens is 462 g/mol. The van der Waals surface area contributed by atoms with Gasteiger partial charge in [0.05, 0.1) is 4.90 Å². The van der Waals surface area contributed by atoms with Crippen LogP contribution in [0, 0.1) is 23.2 Å². The number of nitrogens with zero attached hydrogens (tertiary/aromatic N) is 1. The Morgan fingerprint density at radius 2 is 1.57 bits per heavy atom. The maximum atomic E-state index is 13.1. The number of benzene rings is 1. The fourth-order valence-electron chi connectivity index (χ4n) is 7.57. The normalized spacial score (nSPS) is 30.7. The van der Waals surface area contributed by atoms with Gasteiger partial charge in [-0.1, -0.05) is 6.58 Å². The van der Waals surface area contributed by atoms with E-state index in [1.165, 1.54) is 61.0 Å². The molecule has 1 aromatic rings. The Balaban J connectivity index is 1.13. The van der Waals surface area contributed by atoms with E-state index in [4.69, 9.17) is 0 Å². The summed E-state index contributed by atoms with van der Waals surface area (Å²) in [5.74, 6) is 2.34. The molecule has 190 valence electrons. The summed E-state index contributed by atoms with van der Waals surface area (Å²) in [6.07, 6.45) is 11.7. The summed E-state index contributed by atoms with van der Waals surface area (Å²) in [5, 5.41) is 5.91. The molecule has 1 aromatic carbocycles. The summed E-state index contributed by atoms with van der Waals surface area (Å²) < 4.78 is 27.6. The third-order valence-electron chi connectivity index (χ3n) is 8.85. The zero-order valence-electron chi connectivity index (χ0n) is 20.4. The average Bonchev–Trinajstić information content (AvgIpc) is 2.83. The van der Waals surface area contributed by atoms with Crippen LogP contribution in [0.5, 0.6) is 0 Å². The molecule has 1 heterocycles. The van der Waals surface area contributed by atoms with Crippen molar-refractivity contribution in [3.05, 3.63) is 42.5 Å². The maximum Gasteiger partial charge on any atom is 0.251 e. The molecule has 1 aliphatic heterocycles. The number of carbonyl (C=O) groups excluding carboxylic acids is 2. The van der Waals surface area contributed by atoms with Crippen LogP contribution in [0.15, 0.2) is 41.8 Å². The Labute approximate surface area is 208 Å². The Morgan fingerprint density at radius 1 is 1.00 bits per heavy atom. The Kier molecular flexibility index (Phi) is 6.79. The van der Waals surface area contributed by atoms with Gasteiger partial charge in [-0.25, -0.2) is 8.42 Å². The molecule has 7 nitrogen and oxygen atoms in total. The van der Waals surface area contributed by atoms with Gasteiger partial charge in [0.1, 0.15) is 0 Å². The fraction of sp³-hybridized carbons (Fsp3) is 0.630. The summed E-state index contributed by atoms with van der Waals surface area (Å²) in [6, 6.07) is 6.20. The highest BCUT2D eigenvalue weighted by atomic mass is 32.2. The van der Waals surface area contributed by atoms with Gasteiger partial charge in [-0.2, -0.15) is 4.31 Å². The highest BCUT2D eigenvalue weighted by Crippen LogP contribution is 2.61. The van der Waals surface area contributed by atoms with Crippen molar-refractivity contribution in [2.45, 2.75) is 68.7 Å². The lowest BCUT2D eigenvalue weighted by Gasteiger charge is -2.57. The first-order chi connectivity index (χ1) is 16.8. The van der Waals surface area contributed by atoms with E-state index in [1.54, 1.807) is 12.1 Å². The predicted octanol–water partition coefficient (Wildman–Crippen LogP) is 3.48. The zero-order valence-corrected chi connectivity index (χ0v) is 21.2. The lowest BCUT2D eigenvalue weighted by atomic mass is 9.49. The van der Waals surface area contributed by atoms with Crippen molar-refractivity contribution in [3.8, 4) is 0 Å². The highest BCUT2D eigenvalue weighted by Gasteiger charge is 2.50. The van der Waals surface area contributed by atoms with Crippen LogP contribution in [0.25, 0.3) is 0 Å². The number of carbonyl (C=O) groups is 2. The molecule has 8 heteroatoms. The van der Waals surface area contributed by atoms with Gasteiger partial charge in [0.15, 0.2) is 0 Å². The lowest BCUT2D eigenvalue weighted by Crippen LogP contribution is -2.47. The summed E-state index contributed by atoms with van der Waals surface area (Å²) in [5.41, 5.74) is 0.919. The molecular formula is C27H37N3O4S. The minimum Gasteiger partial charge on any atom is -0.352 e. The summed E-state index contributed by atoms with van der Waals surface area (Å²) in [4.78, 5) is 24.4. The van der Waals surface area contributed by atoms with Crippen LogP contribution in [-0.4, -0.2) is 50.2 Å². The van der Waals surface area contributed by atoms with Crippen molar-refractivity contribution in [2.75, 3.05) is 19.6 Å². The minimum absolute atomic E-state index is 0.0450. The second kappa shape index (κ2) is 9.69. The number of hydrogen-bond donors (Lipinski definition) is 2. The van der Waals surface area contributed by atoms with Gasteiger partial charge >= 0.3 is 0 Å². The smallest absolute Gasteiger partial charge is 0.251 e. The van der Waals surface area contributed by atoms with E-state index in [9.17, 15) is 18.0 Å². The molecule has 0 atom stereocenters. The molecule has 4 bridgehead atoms. The SMILES string of the molecule is C=CC(=O)NC1CCN(S(=O)(=O)c2ccc(C(=O)NCCC34CC5CC(CC(C5)C3)C4)cc2)CC1. The number of nitrogens with one attached hydrogen (secondary N) is 2. The molecule has 4 aliphatic carbocycles. The van der Waals surface area contributed by atoms with Gasteiger partial charge in [0.2, 0.25) is 15.9 Å². The molecule has 0 radical (unpaired) electrons. The van der Waals surface area contributed by atoms with E-state index in [0.29, 0.717) is 43.5 Å². The average molecular weight is 500 g/mol. The molecule has 2 amide bonds. The van der Waals surface area contributed by atoms with Gasteiger partial charge in [0.25, 0.3) is 5.91 Å². The van der Waals surface area contributed by atoms with Gasteiger partial charge in [-0.15, -0.1) is 0 Å². The number of sulfonamides is 1. The first-order valence-corrected chi connectivity index (χ1v) is 14.5. The van der Waals surface area contributed by atoms with Crippen LogP contribution in [-0.2, 0) is 14.8 Å². The van der Waals surface area contributed by atoms with Gasteiger partial charge in [0, 0.05) is 31.2 Å². The van der Waals surface area contributed by atoms with Crippen LogP contribution in [0.2, 0.25) is 0 Å². The van der Waals surface area contributed by atoms with Crippen LogP contribution >= 0.6 is 0 Å². The van der Waals surface area contributed by atoms with Gasteiger partial charge in [-0.3, -0.25) is 9.59 Å². The van der Waals surface area contributed by atoms with E-state index < -0.39 is 10.0 Å². The number of piperidine rings is 1. The fourth-order valence-corrected chi connectivity index (χ4v) is 9.04. The summed E-state index contributed by atoms with van der Waals surface area (Å²) >= 11 is 0. The van der Waals surface area contributed by atoms with E-state index in [1.807, 2.05) is 0 Å². The molecule has 0 unspecified atom stereocenters. The van der Waals surface area contributed by atoms with E-state index in [0.717, 1.165) is 24.2 Å². The van der Waals surface area contributed by atoms with Crippen molar-refractivity contribution < 1.29 is 18.0 Å². The van der Waals surface area contributed by atoms with E-state index >= 15 is 0 Å². The van der Waals surface area contributed by atoms with Gasteiger partial charge in [-0.05, 0) is 111 Å². The largest absolute Gasteiger partial charge is 0.352 e. The van der Waals surface area contributed by atoms with Crippen molar-refractivity contribution >= 4 is 21.8 Å². The van der Waals surface area contributed by atoms with Gasteiger partial charge < -0.3 is 10.6 Å². The molecule has 5 aliphatic rings. The topological polar surface area (TPSA) is 95.6 Å². The highest BCUT2D eigenvalue weighted by molar-refractivity contribution is 7.89. The molecule has 35 heavy (non-hydrogen) atoms. The van der Waals surface area contributed by atoms with Crippen LogP contribution in [0.1, 0.15) is 68.1 Å². The Hall–Kier alpha value is -2.19. The molecule has 5 fully saturated rings. The predicted molar refractivity (Wildman–Crippen MR) is 134 cm³/mol. The second-order valence-corrected chi connectivity index (χ2v) is 13.3. The Morgan fingerprint density at radius 3 is 2.11 bits per heavy atom. The molecule has 2 N–H and O–H groups in total. The van der Waals surface area contributed by atoms with Crippen molar-refractivity contribution in [2.24, 2.45) is 23.2 Å². The molecule has 0 spiro atoms. The summed E-state index contributed by atoms with van der Waals surface area (Å²) in [6.45, 7) is 4.82. The lowest BCUT2D eigenvalue weighted by molar-refractivity contribution is -0.117. The standard InChI is InChI=1S/C27H37N3O4S/c1-2-25(31)29-23-7-11-30(12-8-23)35(33,34)24-5-3-22(4-6-24)26(32)28-10-9-27-16-19-13-20(17-27)15-21(14-19)18-27/h2-6,19-21,23H,1,7-18H2,(H,28,32)(H,29,31). The van der Waals surface area contributed by atoms with Crippen molar-refractivity contribution in [1.29, 1.82) is 0 Å². The molecule has 0 aromatic heterocycles. The maximum absolute atomic E-state index is 13.1. The van der Waals surface area contributed by atoms with Crippen LogP contribution in [0.4, 0.5) is 0 Å². The van der Waals surface area contributed by atoms with Crippen LogP contribution < -0.4 is 10.6 Å². The first kappa shape index (κ1) is 24.5. The van der Waals surface area contributed by atoms with Crippen molar-refractivity contribution in [3.63, 3.8) is 0 Å². The molecule has 4 saturated carbocycles. The number of rotatable bonds is 8. The Bertz CT molecular complexity index is 1040. The zero-order chi connectivity index (χ0) is 24.6. The number of hydrogen-bond acceptors (Lipinski definition) is 4. The quantitative estimate of drug-likeness (QED) is 0.536. The van der Waals surface area contributed by atoms with Crippen molar-refractivity contribution in [1.82, 2.24) is 14.9 Å². The minimum atomic E-state index is -3.64.